The molecule has 1 saturated heterocycles. The van der Waals surface area contributed by atoms with Gasteiger partial charge in [-0.2, -0.15) is 0 Å². The summed E-state index contributed by atoms with van der Waals surface area (Å²) in [4.78, 5) is 12.7. The highest BCUT2D eigenvalue weighted by Gasteiger charge is 2.41. The van der Waals surface area contributed by atoms with Gasteiger partial charge in [0.15, 0.2) is 0 Å². The molecule has 6 heteroatoms. The fourth-order valence-electron chi connectivity index (χ4n) is 2.30. The lowest BCUT2D eigenvalue weighted by molar-refractivity contribution is -0.521. The van der Waals surface area contributed by atoms with Crippen LogP contribution in [-0.2, 0) is 0 Å². The van der Waals surface area contributed by atoms with Crippen molar-refractivity contribution in [2.45, 2.75) is 12.0 Å². The van der Waals surface area contributed by atoms with Crippen molar-refractivity contribution in [3.63, 3.8) is 0 Å². The van der Waals surface area contributed by atoms with Gasteiger partial charge >= 0.3 is 0 Å². The average molecular weight is 275 g/mol. The number of likely N-dealkylation sites (N-methyl/N-ethyl adjacent to an activating group) is 1. The van der Waals surface area contributed by atoms with Crippen LogP contribution >= 0.6 is 23.2 Å². The van der Waals surface area contributed by atoms with Gasteiger partial charge in [0.2, 0.25) is 6.04 Å². The Hall–Kier alpha value is -0.840. The molecule has 4 nitrogen and oxygen atoms in total. The Morgan fingerprint density at radius 3 is 2.71 bits per heavy atom. The number of nitrogens with zero attached hydrogens (tertiary/aromatic N) is 2. The van der Waals surface area contributed by atoms with Gasteiger partial charge < -0.3 is 0 Å². The first kappa shape index (κ1) is 12.6. The van der Waals surface area contributed by atoms with E-state index >= 15 is 0 Å². The molecular weight excluding hydrogens is 263 g/mol. The van der Waals surface area contributed by atoms with Crippen molar-refractivity contribution in [1.29, 1.82) is 0 Å². The first-order valence-electron chi connectivity index (χ1n) is 5.26. The van der Waals surface area contributed by atoms with E-state index in [0.29, 0.717) is 23.1 Å². The van der Waals surface area contributed by atoms with Crippen LogP contribution in [0, 0.1) is 10.1 Å². The molecule has 2 unspecified atom stereocenters. The van der Waals surface area contributed by atoms with Crippen molar-refractivity contribution in [3.05, 3.63) is 43.9 Å². The quantitative estimate of drug-likeness (QED) is 0.615. The summed E-state index contributed by atoms with van der Waals surface area (Å²) in [6.45, 7) is 1.10. The minimum Gasteiger partial charge on any atom is -0.299 e. The third-order valence-electron chi connectivity index (χ3n) is 3.10. The van der Waals surface area contributed by atoms with Crippen LogP contribution in [0.1, 0.15) is 11.5 Å². The maximum Gasteiger partial charge on any atom is 0.233 e. The van der Waals surface area contributed by atoms with Gasteiger partial charge in [0.25, 0.3) is 0 Å². The van der Waals surface area contributed by atoms with Crippen molar-refractivity contribution in [2.75, 3.05) is 20.1 Å². The van der Waals surface area contributed by atoms with Gasteiger partial charge in [-0.25, -0.2) is 0 Å². The summed E-state index contributed by atoms with van der Waals surface area (Å²) < 4.78 is 0. The zero-order valence-corrected chi connectivity index (χ0v) is 10.8. The normalized spacial score (nSPS) is 25.1. The fourth-order valence-corrected chi connectivity index (χ4v) is 2.85. The highest BCUT2D eigenvalue weighted by atomic mass is 35.5. The van der Waals surface area contributed by atoms with Crippen LogP contribution in [0.2, 0.25) is 10.0 Å². The summed E-state index contributed by atoms with van der Waals surface area (Å²) in [5.41, 5.74) is 0.808. The second kappa shape index (κ2) is 4.80. The average Bonchev–Trinajstić information content (AvgIpc) is 2.60. The maximum atomic E-state index is 11.0. The highest BCUT2D eigenvalue weighted by Crippen LogP contribution is 2.34. The molecule has 1 aromatic rings. The number of hydrogen-bond acceptors (Lipinski definition) is 3. The summed E-state index contributed by atoms with van der Waals surface area (Å²) in [6, 6.07) is 4.54. The molecular formula is C11H12Cl2N2O2. The van der Waals surface area contributed by atoms with Gasteiger partial charge in [-0.3, -0.25) is 15.0 Å². The molecule has 0 spiro atoms. The molecule has 0 aromatic heterocycles. The van der Waals surface area contributed by atoms with Crippen LogP contribution in [0.15, 0.2) is 18.2 Å². The lowest BCUT2D eigenvalue weighted by Crippen LogP contribution is -2.27. The molecule has 0 aliphatic carbocycles. The minimum atomic E-state index is -0.598. The maximum absolute atomic E-state index is 11.0. The third kappa shape index (κ3) is 2.54. The molecule has 1 aliphatic rings. The smallest absolute Gasteiger partial charge is 0.233 e. The number of likely N-dealkylation sites (tertiary alicyclic amines) is 1. The molecule has 1 heterocycles. The van der Waals surface area contributed by atoms with E-state index in [1.807, 2.05) is 11.9 Å². The molecule has 0 amide bonds. The number of hydrogen-bond donors (Lipinski definition) is 0. The largest absolute Gasteiger partial charge is 0.299 e. The van der Waals surface area contributed by atoms with E-state index in [2.05, 4.69) is 0 Å². The van der Waals surface area contributed by atoms with Gasteiger partial charge in [0.05, 0.1) is 12.5 Å². The first-order valence-corrected chi connectivity index (χ1v) is 6.01. The van der Waals surface area contributed by atoms with Gasteiger partial charge in [-0.15, -0.1) is 0 Å². The van der Waals surface area contributed by atoms with E-state index < -0.39 is 6.04 Å². The number of halogens is 2. The standard InChI is InChI=1S/C11H12Cl2N2O2/c1-14-5-9(11(6-14)15(16)17)8-3-2-7(12)4-10(8)13/h2-4,9,11H,5-6H2,1H3. The Balaban J connectivity index is 2.34. The molecule has 0 bridgehead atoms. The van der Waals surface area contributed by atoms with Gasteiger partial charge in [0, 0.05) is 21.5 Å². The summed E-state index contributed by atoms with van der Waals surface area (Å²) in [5, 5.41) is 12.1. The second-order valence-electron chi connectivity index (χ2n) is 4.35. The first-order chi connectivity index (χ1) is 7.99. The number of rotatable bonds is 2. The van der Waals surface area contributed by atoms with E-state index in [4.69, 9.17) is 23.2 Å². The molecule has 2 atom stereocenters. The molecule has 0 saturated carbocycles. The van der Waals surface area contributed by atoms with Crippen LogP contribution in [0.3, 0.4) is 0 Å². The van der Waals surface area contributed by atoms with Gasteiger partial charge in [-0.05, 0) is 24.7 Å². The molecule has 17 heavy (non-hydrogen) atoms. The zero-order chi connectivity index (χ0) is 12.6. The summed E-state index contributed by atoms with van der Waals surface area (Å²) >= 11 is 11.9. The fraction of sp³-hybridized carbons (Fsp3) is 0.455. The Labute approximate surface area is 109 Å². The molecule has 1 aromatic carbocycles. The Morgan fingerprint density at radius 2 is 2.12 bits per heavy atom. The third-order valence-corrected chi connectivity index (χ3v) is 3.67. The van der Waals surface area contributed by atoms with Crippen LogP contribution in [0.25, 0.3) is 0 Å². The molecule has 1 fully saturated rings. The molecule has 1 aliphatic heterocycles. The Kier molecular flexibility index (Phi) is 3.56. The van der Waals surface area contributed by atoms with Crippen LogP contribution in [0.5, 0.6) is 0 Å². The minimum absolute atomic E-state index is 0.167. The molecule has 2 rings (SSSR count). The van der Waals surface area contributed by atoms with E-state index in [1.165, 1.54) is 0 Å². The SMILES string of the molecule is CN1CC(c2ccc(Cl)cc2Cl)C([N+](=O)[O-])C1. The van der Waals surface area contributed by atoms with Crippen molar-refractivity contribution >= 4 is 23.2 Å². The summed E-state index contributed by atoms with van der Waals surface area (Å²) in [5.74, 6) is -0.167. The lowest BCUT2D eigenvalue weighted by Gasteiger charge is -2.14. The van der Waals surface area contributed by atoms with Crippen molar-refractivity contribution in [2.24, 2.45) is 0 Å². The van der Waals surface area contributed by atoms with Crippen molar-refractivity contribution in [3.8, 4) is 0 Å². The van der Waals surface area contributed by atoms with E-state index in [9.17, 15) is 10.1 Å². The van der Waals surface area contributed by atoms with E-state index in [0.717, 1.165) is 5.56 Å². The van der Waals surface area contributed by atoms with Gasteiger partial charge in [0.1, 0.15) is 0 Å². The summed E-state index contributed by atoms with van der Waals surface area (Å²) in [7, 11) is 1.88. The number of nitro groups is 1. The summed E-state index contributed by atoms with van der Waals surface area (Å²) in [6.07, 6.45) is 0. The van der Waals surface area contributed by atoms with Crippen molar-refractivity contribution in [1.82, 2.24) is 4.90 Å². The highest BCUT2D eigenvalue weighted by molar-refractivity contribution is 6.35. The predicted octanol–water partition coefficient (Wildman–Crippen LogP) is 2.67. The monoisotopic (exact) mass is 274 g/mol. The Morgan fingerprint density at radius 1 is 1.41 bits per heavy atom. The predicted molar refractivity (Wildman–Crippen MR) is 67.5 cm³/mol. The topological polar surface area (TPSA) is 46.4 Å². The van der Waals surface area contributed by atoms with E-state index in [-0.39, 0.29) is 10.8 Å². The molecule has 0 N–H and O–H groups in total. The molecule has 0 radical (unpaired) electrons. The van der Waals surface area contributed by atoms with Crippen LogP contribution in [0.4, 0.5) is 0 Å². The van der Waals surface area contributed by atoms with Crippen molar-refractivity contribution < 1.29 is 4.92 Å². The Bertz CT molecular complexity index is 453. The lowest BCUT2D eigenvalue weighted by atomic mass is 9.95. The van der Waals surface area contributed by atoms with Crippen LogP contribution < -0.4 is 0 Å². The van der Waals surface area contributed by atoms with Gasteiger partial charge in [-0.1, -0.05) is 29.3 Å². The number of benzene rings is 1. The second-order valence-corrected chi connectivity index (χ2v) is 5.19. The zero-order valence-electron chi connectivity index (χ0n) is 9.27. The van der Waals surface area contributed by atoms with E-state index in [1.54, 1.807) is 18.2 Å². The molecule has 92 valence electrons. The van der Waals surface area contributed by atoms with Crippen LogP contribution in [-0.4, -0.2) is 36.0 Å².